The summed E-state index contributed by atoms with van der Waals surface area (Å²) < 4.78 is 11.8. The van der Waals surface area contributed by atoms with Gasteiger partial charge in [0.05, 0.1) is 16.7 Å². The summed E-state index contributed by atoms with van der Waals surface area (Å²) in [5.74, 6) is 1.63. The summed E-state index contributed by atoms with van der Waals surface area (Å²) in [6, 6.07) is 8.47. The molecule has 0 radical (unpaired) electrons. The molecule has 0 unspecified atom stereocenters. The number of hydrogen-bond donors (Lipinski definition) is 1. The van der Waals surface area contributed by atoms with Crippen LogP contribution in [-0.2, 0) is 0 Å². The Morgan fingerprint density at radius 3 is 2.45 bits per heavy atom. The highest BCUT2D eigenvalue weighted by Gasteiger charge is 2.09. The van der Waals surface area contributed by atoms with E-state index < -0.39 is 0 Å². The van der Waals surface area contributed by atoms with E-state index in [0.29, 0.717) is 44.1 Å². The molecule has 0 bridgehead atoms. The van der Waals surface area contributed by atoms with Gasteiger partial charge in [0.15, 0.2) is 0 Å². The fourth-order valence-corrected chi connectivity index (χ4v) is 2.44. The molecule has 2 rings (SSSR count). The topological polar surface area (TPSA) is 44.5 Å². The molecule has 0 fully saturated rings. The van der Waals surface area contributed by atoms with Gasteiger partial charge in [0, 0.05) is 34.4 Å². The van der Waals surface area contributed by atoms with Crippen molar-refractivity contribution in [3.63, 3.8) is 0 Å². The van der Waals surface area contributed by atoms with Crippen molar-refractivity contribution in [2.45, 2.75) is 6.92 Å². The van der Waals surface area contributed by atoms with Crippen molar-refractivity contribution in [2.75, 3.05) is 12.3 Å². The third-order valence-electron chi connectivity index (χ3n) is 2.42. The van der Waals surface area contributed by atoms with E-state index in [4.69, 9.17) is 38.4 Å². The maximum atomic E-state index is 6.12. The molecule has 0 aliphatic rings. The molecule has 6 heteroatoms. The van der Waals surface area contributed by atoms with Crippen LogP contribution in [0.15, 0.2) is 34.8 Å². The maximum Gasteiger partial charge on any atom is 0.147 e. The van der Waals surface area contributed by atoms with Crippen LogP contribution in [0.3, 0.4) is 0 Å². The van der Waals surface area contributed by atoms with E-state index in [1.807, 2.05) is 6.92 Å². The van der Waals surface area contributed by atoms with E-state index in [1.165, 1.54) is 0 Å². The first-order valence-electron chi connectivity index (χ1n) is 5.85. The number of nitrogens with two attached hydrogens (primary N) is 1. The molecule has 0 saturated carbocycles. The van der Waals surface area contributed by atoms with Gasteiger partial charge < -0.3 is 15.2 Å². The van der Waals surface area contributed by atoms with E-state index in [1.54, 1.807) is 30.3 Å². The van der Waals surface area contributed by atoms with Crippen LogP contribution in [-0.4, -0.2) is 6.61 Å². The Hall–Kier alpha value is -1.10. The second-order valence-corrected chi connectivity index (χ2v) is 5.64. The fraction of sp³-hybridized carbons (Fsp3) is 0.143. The van der Waals surface area contributed by atoms with Gasteiger partial charge in [-0.05, 0) is 28.9 Å². The number of benzene rings is 2. The van der Waals surface area contributed by atoms with E-state index in [2.05, 4.69) is 15.9 Å². The van der Waals surface area contributed by atoms with Gasteiger partial charge in [-0.15, -0.1) is 0 Å². The molecule has 0 spiro atoms. The lowest BCUT2D eigenvalue weighted by atomic mass is 10.3. The highest BCUT2D eigenvalue weighted by atomic mass is 79.9. The monoisotopic (exact) mass is 375 g/mol. The predicted octanol–water partition coefficient (Wildman–Crippen LogP) is 5.53. The Labute approximate surface area is 135 Å². The summed E-state index contributed by atoms with van der Waals surface area (Å²) in [6.07, 6.45) is 0. The van der Waals surface area contributed by atoms with Crippen LogP contribution in [0.4, 0.5) is 5.69 Å². The minimum absolute atomic E-state index is 0.446. The molecule has 0 heterocycles. The number of nitrogen functional groups attached to an aromatic ring is 1. The van der Waals surface area contributed by atoms with Crippen LogP contribution < -0.4 is 15.2 Å². The normalized spacial score (nSPS) is 10.4. The third kappa shape index (κ3) is 3.72. The molecular weight excluding hydrogens is 365 g/mol. The first-order chi connectivity index (χ1) is 9.49. The third-order valence-corrected chi connectivity index (χ3v) is 3.91. The van der Waals surface area contributed by atoms with Gasteiger partial charge in [0.1, 0.15) is 17.2 Å². The Kier molecular flexibility index (Phi) is 5.02. The lowest BCUT2D eigenvalue weighted by Gasteiger charge is -2.11. The summed E-state index contributed by atoms with van der Waals surface area (Å²) >= 11 is 15.4. The van der Waals surface area contributed by atoms with Gasteiger partial charge in [0.25, 0.3) is 0 Å². The number of halogens is 3. The molecule has 0 atom stereocenters. The number of rotatable bonds is 4. The van der Waals surface area contributed by atoms with Crippen molar-refractivity contribution < 1.29 is 9.47 Å². The van der Waals surface area contributed by atoms with Gasteiger partial charge in [-0.1, -0.05) is 23.2 Å². The molecule has 0 aliphatic heterocycles. The zero-order valence-electron chi connectivity index (χ0n) is 10.6. The molecule has 2 N–H and O–H groups in total. The lowest BCUT2D eigenvalue weighted by molar-refractivity contribution is 0.338. The lowest BCUT2D eigenvalue weighted by Crippen LogP contribution is -1.95. The maximum absolute atomic E-state index is 6.12. The van der Waals surface area contributed by atoms with Crippen LogP contribution in [0.5, 0.6) is 17.2 Å². The average molecular weight is 377 g/mol. The van der Waals surface area contributed by atoms with Crippen LogP contribution in [0.1, 0.15) is 6.92 Å². The van der Waals surface area contributed by atoms with Crippen molar-refractivity contribution in [3.05, 3.63) is 44.8 Å². The molecule has 0 saturated heterocycles. The zero-order valence-corrected chi connectivity index (χ0v) is 13.7. The average Bonchev–Trinajstić information content (AvgIpc) is 2.35. The first-order valence-corrected chi connectivity index (χ1v) is 7.40. The summed E-state index contributed by atoms with van der Waals surface area (Å²) in [7, 11) is 0. The number of anilines is 1. The smallest absolute Gasteiger partial charge is 0.147 e. The zero-order chi connectivity index (χ0) is 14.7. The van der Waals surface area contributed by atoms with Crippen LogP contribution in [0.2, 0.25) is 10.0 Å². The van der Waals surface area contributed by atoms with Gasteiger partial charge in [-0.3, -0.25) is 0 Å². The second kappa shape index (κ2) is 6.57. The molecular formula is C14H12BrCl2NO2. The van der Waals surface area contributed by atoms with Gasteiger partial charge in [0.2, 0.25) is 0 Å². The minimum Gasteiger partial charge on any atom is -0.494 e. The van der Waals surface area contributed by atoms with E-state index in [0.717, 1.165) is 0 Å². The largest absolute Gasteiger partial charge is 0.494 e. The number of ether oxygens (including phenoxy) is 2. The van der Waals surface area contributed by atoms with Crippen molar-refractivity contribution in [1.29, 1.82) is 0 Å². The molecule has 0 amide bonds. The fourth-order valence-electron chi connectivity index (χ4n) is 1.61. The van der Waals surface area contributed by atoms with Crippen molar-refractivity contribution in [3.8, 4) is 17.2 Å². The molecule has 20 heavy (non-hydrogen) atoms. The standard InChI is InChI=1S/C14H12BrCl2NO2/c1-2-19-9-3-8(18)4-10(5-9)20-14-7-12(16)11(15)6-13(14)17/h3-7H,2,18H2,1H3. The van der Waals surface area contributed by atoms with E-state index >= 15 is 0 Å². The Morgan fingerprint density at radius 1 is 1.05 bits per heavy atom. The summed E-state index contributed by atoms with van der Waals surface area (Å²) in [4.78, 5) is 0. The molecule has 2 aromatic rings. The summed E-state index contributed by atoms with van der Waals surface area (Å²) in [5.41, 5.74) is 6.36. The van der Waals surface area contributed by atoms with Gasteiger partial charge in [-0.2, -0.15) is 0 Å². The summed E-state index contributed by atoms with van der Waals surface area (Å²) in [6.45, 7) is 2.45. The van der Waals surface area contributed by atoms with Gasteiger partial charge in [-0.25, -0.2) is 0 Å². The first kappa shape index (κ1) is 15.3. The highest BCUT2D eigenvalue weighted by molar-refractivity contribution is 9.10. The quantitative estimate of drug-likeness (QED) is 0.563. The molecule has 106 valence electrons. The molecule has 0 aliphatic carbocycles. The SMILES string of the molecule is CCOc1cc(N)cc(Oc2cc(Cl)c(Br)cc2Cl)c1. The van der Waals surface area contributed by atoms with E-state index in [-0.39, 0.29) is 0 Å². The predicted molar refractivity (Wildman–Crippen MR) is 86.3 cm³/mol. The second-order valence-electron chi connectivity index (χ2n) is 3.97. The number of hydrogen-bond acceptors (Lipinski definition) is 3. The Bertz CT molecular complexity index is 635. The van der Waals surface area contributed by atoms with E-state index in [9.17, 15) is 0 Å². The van der Waals surface area contributed by atoms with Crippen molar-refractivity contribution in [1.82, 2.24) is 0 Å². The molecule has 0 aromatic heterocycles. The van der Waals surface area contributed by atoms with Crippen molar-refractivity contribution >= 4 is 44.8 Å². The van der Waals surface area contributed by atoms with Crippen LogP contribution >= 0.6 is 39.1 Å². The van der Waals surface area contributed by atoms with Crippen molar-refractivity contribution in [2.24, 2.45) is 0 Å². The molecule has 2 aromatic carbocycles. The van der Waals surface area contributed by atoms with Gasteiger partial charge >= 0.3 is 0 Å². The minimum atomic E-state index is 0.446. The summed E-state index contributed by atoms with van der Waals surface area (Å²) in [5, 5.41) is 0.958. The Morgan fingerprint density at radius 2 is 1.75 bits per heavy atom. The molecule has 3 nitrogen and oxygen atoms in total. The Balaban J connectivity index is 2.32. The van der Waals surface area contributed by atoms with Crippen LogP contribution in [0, 0.1) is 0 Å². The van der Waals surface area contributed by atoms with Crippen LogP contribution in [0.25, 0.3) is 0 Å². The highest BCUT2D eigenvalue weighted by Crippen LogP contribution is 2.37.